The van der Waals surface area contributed by atoms with Gasteiger partial charge in [0, 0.05) is 15.7 Å². The molecule has 1 aliphatic heterocycles. The molecule has 2 aromatic carbocycles. The average Bonchev–Trinajstić information content (AvgIpc) is 2.94. The van der Waals surface area contributed by atoms with E-state index in [1.807, 2.05) is 0 Å². The van der Waals surface area contributed by atoms with Crippen LogP contribution in [-0.2, 0) is 29.8 Å². The molecule has 1 aliphatic rings. The van der Waals surface area contributed by atoms with Crippen LogP contribution in [0.15, 0.2) is 36.4 Å². The molecule has 0 bridgehead atoms. The van der Waals surface area contributed by atoms with E-state index >= 15 is 0 Å². The van der Waals surface area contributed by atoms with Gasteiger partial charge in [0.15, 0.2) is 0 Å². The number of amides is 1. The molecule has 1 saturated heterocycles. The van der Waals surface area contributed by atoms with Crippen LogP contribution in [0.5, 0.6) is 0 Å². The molecular formula is C20H13F9INO2. The van der Waals surface area contributed by atoms with E-state index in [1.54, 1.807) is 22.6 Å². The summed E-state index contributed by atoms with van der Waals surface area (Å²) in [4.78, 5) is 13.2. The number of hydrogen-bond donors (Lipinski definition) is 0. The first-order chi connectivity index (χ1) is 15.0. The Morgan fingerprint density at radius 1 is 0.848 bits per heavy atom. The van der Waals surface area contributed by atoms with Gasteiger partial charge in [-0.25, -0.2) is 4.79 Å². The highest BCUT2D eigenvalue weighted by molar-refractivity contribution is 14.1. The Hall–Kier alpha value is -2.19. The van der Waals surface area contributed by atoms with Crippen LogP contribution in [0.3, 0.4) is 0 Å². The highest BCUT2D eigenvalue weighted by Crippen LogP contribution is 2.40. The lowest BCUT2D eigenvalue weighted by Gasteiger charge is -2.23. The molecule has 1 unspecified atom stereocenters. The SMILES string of the molecule is C[C@@H]1C(c2cc(C(F)(F)F)ccc2I)OC(=O)N1Cc1cc(C(F)(F)F)cc(C(F)(F)F)c1. The highest BCUT2D eigenvalue weighted by atomic mass is 127. The van der Waals surface area contributed by atoms with Gasteiger partial charge < -0.3 is 4.74 Å². The number of carbonyl (C=O) groups excluding carboxylic acids is 1. The van der Waals surface area contributed by atoms with Crippen LogP contribution in [0.4, 0.5) is 44.3 Å². The lowest BCUT2D eigenvalue weighted by Crippen LogP contribution is -2.32. The topological polar surface area (TPSA) is 29.5 Å². The second-order valence-electron chi connectivity index (χ2n) is 7.32. The number of hydrogen-bond acceptors (Lipinski definition) is 2. The molecule has 2 atom stereocenters. The highest BCUT2D eigenvalue weighted by Gasteiger charge is 2.43. The molecule has 3 nitrogen and oxygen atoms in total. The fourth-order valence-corrected chi connectivity index (χ4v) is 4.02. The van der Waals surface area contributed by atoms with E-state index in [1.165, 1.54) is 13.0 Å². The summed E-state index contributed by atoms with van der Waals surface area (Å²) >= 11 is 1.74. The molecule has 1 fully saturated rings. The van der Waals surface area contributed by atoms with E-state index < -0.39 is 65.6 Å². The number of alkyl halides is 9. The quantitative estimate of drug-likeness (QED) is 0.272. The Bertz CT molecular complexity index is 1030. The predicted octanol–water partition coefficient (Wildman–Crippen LogP) is 7.43. The predicted molar refractivity (Wildman–Crippen MR) is 105 cm³/mol. The third-order valence-electron chi connectivity index (χ3n) is 5.02. The molecule has 2 aromatic rings. The maximum absolute atomic E-state index is 13.1. The first-order valence-electron chi connectivity index (χ1n) is 9.10. The van der Waals surface area contributed by atoms with E-state index in [0.29, 0.717) is 15.7 Å². The van der Waals surface area contributed by atoms with Crippen molar-refractivity contribution < 1.29 is 49.0 Å². The van der Waals surface area contributed by atoms with Crippen molar-refractivity contribution in [1.82, 2.24) is 4.90 Å². The molecular weight excluding hydrogens is 584 g/mol. The van der Waals surface area contributed by atoms with Gasteiger partial charge >= 0.3 is 24.6 Å². The minimum atomic E-state index is -5.07. The number of ether oxygens (including phenoxy) is 1. The summed E-state index contributed by atoms with van der Waals surface area (Å²) in [6, 6.07) is 2.76. The molecule has 0 aromatic heterocycles. The van der Waals surface area contributed by atoms with Gasteiger partial charge in [0.05, 0.1) is 22.7 Å². The molecule has 3 rings (SSSR count). The van der Waals surface area contributed by atoms with Crippen LogP contribution >= 0.6 is 22.6 Å². The van der Waals surface area contributed by atoms with Gasteiger partial charge in [0.2, 0.25) is 0 Å². The Labute approximate surface area is 194 Å². The van der Waals surface area contributed by atoms with Crippen LogP contribution < -0.4 is 0 Å². The smallest absolute Gasteiger partial charge is 0.416 e. The van der Waals surface area contributed by atoms with Crippen LogP contribution in [-0.4, -0.2) is 17.0 Å². The molecule has 0 spiro atoms. The Morgan fingerprint density at radius 2 is 1.36 bits per heavy atom. The van der Waals surface area contributed by atoms with Gasteiger partial charge in [-0.1, -0.05) is 0 Å². The van der Waals surface area contributed by atoms with Crippen LogP contribution in [0, 0.1) is 3.57 Å². The van der Waals surface area contributed by atoms with E-state index in [-0.39, 0.29) is 11.6 Å². The first kappa shape index (κ1) is 25.4. The summed E-state index contributed by atoms with van der Waals surface area (Å²) in [5.74, 6) is 0. The van der Waals surface area contributed by atoms with E-state index in [0.717, 1.165) is 17.0 Å². The zero-order chi connectivity index (χ0) is 24.9. The Balaban J connectivity index is 1.95. The summed E-state index contributed by atoms with van der Waals surface area (Å²) in [6.45, 7) is 0.712. The van der Waals surface area contributed by atoms with Crippen molar-refractivity contribution in [2.45, 2.75) is 44.1 Å². The molecule has 1 amide bonds. The first-order valence-corrected chi connectivity index (χ1v) is 10.2. The largest absolute Gasteiger partial charge is 0.439 e. The summed E-state index contributed by atoms with van der Waals surface area (Å²) in [7, 11) is 0. The number of benzene rings is 2. The van der Waals surface area contributed by atoms with Crippen molar-refractivity contribution in [3.05, 3.63) is 67.8 Å². The lowest BCUT2D eigenvalue weighted by molar-refractivity contribution is -0.143. The number of cyclic esters (lactones) is 1. The molecule has 180 valence electrons. The minimum absolute atomic E-state index is 0.0220. The molecule has 13 heteroatoms. The average molecular weight is 597 g/mol. The summed E-state index contributed by atoms with van der Waals surface area (Å²) in [5.41, 5.74) is -4.52. The number of carbonyl (C=O) groups is 1. The van der Waals surface area contributed by atoms with Gasteiger partial charge in [0.25, 0.3) is 0 Å². The summed E-state index contributed by atoms with van der Waals surface area (Å²) < 4.78 is 123. The van der Waals surface area contributed by atoms with Crippen molar-refractivity contribution in [3.63, 3.8) is 0 Å². The third-order valence-corrected chi connectivity index (χ3v) is 6.00. The number of rotatable bonds is 3. The van der Waals surface area contributed by atoms with Crippen LogP contribution in [0.25, 0.3) is 0 Å². The summed E-state index contributed by atoms with van der Waals surface area (Å²) in [6.07, 6.45) is -17.1. The van der Waals surface area contributed by atoms with Gasteiger partial charge in [-0.2, -0.15) is 39.5 Å². The third kappa shape index (κ3) is 5.49. The van der Waals surface area contributed by atoms with Crippen molar-refractivity contribution in [2.24, 2.45) is 0 Å². The van der Waals surface area contributed by atoms with Crippen LogP contribution in [0.1, 0.15) is 40.8 Å². The molecule has 0 N–H and O–H groups in total. The zero-order valence-corrected chi connectivity index (χ0v) is 18.5. The maximum Gasteiger partial charge on any atom is 0.416 e. The van der Waals surface area contributed by atoms with E-state index in [9.17, 15) is 44.3 Å². The van der Waals surface area contributed by atoms with Crippen LogP contribution in [0.2, 0.25) is 0 Å². The van der Waals surface area contributed by atoms with E-state index in [4.69, 9.17) is 4.74 Å². The van der Waals surface area contributed by atoms with Crippen molar-refractivity contribution >= 4 is 28.7 Å². The van der Waals surface area contributed by atoms with Crippen molar-refractivity contribution in [3.8, 4) is 0 Å². The van der Waals surface area contributed by atoms with Crippen molar-refractivity contribution in [1.29, 1.82) is 0 Å². The fourth-order valence-electron chi connectivity index (χ4n) is 3.38. The number of nitrogens with zero attached hydrogens (tertiary/aromatic N) is 1. The molecule has 0 saturated carbocycles. The van der Waals surface area contributed by atoms with Crippen molar-refractivity contribution in [2.75, 3.05) is 0 Å². The lowest BCUT2D eigenvalue weighted by atomic mass is 10.00. The normalized spacial score (nSPS) is 19.7. The second-order valence-corrected chi connectivity index (χ2v) is 8.48. The van der Waals surface area contributed by atoms with Gasteiger partial charge in [-0.05, 0) is 71.5 Å². The molecule has 1 heterocycles. The maximum atomic E-state index is 13.1. The van der Waals surface area contributed by atoms with Gasteiger partial charge in [0.1, 0.15) is 6.10 Å². The molecule has 0 aliphatic carbocycles. The van der Waals surface area contributed by atoms with Gasteiger partial charge in [-0.3, -0.25) is 4.90 Å². The monoisotopic (exact) mass is 597 g/mol. The number of halogens is 10. The fraction of sp³-hybridized carbons (Fsp3) is 0.350. The second kappa shape index (κ2) is 8.55. The molecule has 33 heavy (non-hydrogen) atoms. The van der Waals surface area contributed by atoms with Gasteiger partial charge in [-0.15, -0.1) is 0 Å². The summed E-state index contributed by atoms with van der Waals surface area (Å²) in [5, 5.41) is 0. The Kier molecular flexibility index (Phi) is 6.59. The Morgan fingerprint density at radius 3 is 1.85 bits per heavy atom. The molecule has 0 radical (unpaired) electrons. The minimum Gasteiger partial charge on any atom is -0.439 e. The van der Waals surface area contributed by atoms with E-state index in [2.05, 4.69) is 0 Å². The standard InChI is InChI=1S/C20H13F9INO2/c1-9-16(14-7-11(18(21,22)23)2-3-15(14)30)33-17(32)31(9)8-10-4-12(19(24,25)26)6-13(5-10)20(27,28)29/h2-7,9,16H,8H2,1H3/t9-,16?/m1/s1. The zero-order valence-electron chi connectivity index (χ0n) is 16.4.